The summed E-state index contributed by atoms with van der Waals surface area (Å²) in [4.78, 5) is 7.18. The molecule has 29 heavy (non-hydrogen) atoms. The molecule has 0 saturated heterocycles. The van der Waals surface area contributed by atoms with Gasteiger partial charge in [-0.3, -0.25) is 0 Å². The maximum Gasteiger partial charge on any atom is 0.416 e. The standard InChI is InChI=1S/C21H12F6N2/c22-20(23,24)14-9-13(10-15(11-14)21(25,26)27)17-16-7-4-8-28-19(16)29-18(17)12-5-2-1-3-6-12/h1-11H,(H,28,29). The fourth-order valence-corrected chi connectivity index (χ4v) is 3.24. The summed E-state index contributed by atoms with van der Waals surface area (Å²) in [5.41, 5.74) is -1.30. The molecule has 2 nitrogen and oxygen atoms in total. The van der Waals surface area contributed by atoms with Crippen LogP contribution in [-0.2, 0) is 12.4 Å². The van der Waals surface area contributed by atoms with E-state index < -0.39 is 23.5 Å². The van der Waals surface area contributed by atoms with Crippen molar-refractivity contribution in [1.29, 1.82) is 0 Å². The molecule has 0 spiro atoms. The second kappa shape index (κ2) is 6.65. The fourth-order valence-electron chi connectivity index (χ4n) is 3.24. The SMILES string of the molecule is FC(F)(F)c1cc(-c2c(-c3ccccc3)[nH]c3ncccc23)cc(C(F)(F)F)c1. The molecule has 0 radical (unpaired) electrons. The zero-order chi connectivity index (χ0) is 20.8. The summed E-state index contributed by atoms with van der Waals surface area (Å²) in [6, 6.07) is 13.4. The van der Waals surface area contributed by atoms with Crippen LogP contribution in [0.25, 0.3) is 33.4 Å². The smallest absolute Gasteiger partial charge is 0.339 e. The van der Waals surface area contributed by atoms with Gasteiger partial charge in [-0.15, -0.1) is 0 Å². The molecule has 2 aromatic heterocycles. The number of fused-ring (bicyclic) bond motifs is 1. The third-order valence-electron chi connectivity index (χ3n) is 4.51. The minimum absolute atomic E-state index is 0.124. The summed E-state index contributed by atoms with van der Waals surface area (Å²) in [6.07, 6.45) is -8.36. The highest BCUT2D eigenvalue weighted by Gasteiger charge is 2.37. The lowest BCUT2D eigenvalue weighted by atomic mass is 9.95. The van der Waals surface area contributed by atoms with Crippen LogP contribution in [0.4, 0.5) is 26.3 Å². The van der Waals surface area contributed by atoms with E-state index >= 15 is 0 Å². The maximum atomic E-state index is 13.3. The first-order chi connectivity index (χ1) is 13.6. The van der Waals surface area contributed by atoms with Crippen LogP contribution in [0.1, 0.15) is 11.1 Å². The molecule has 0 unspecified atom stereocenters. The number of nitrogens with one attached hydrogen (secondary N) is 1. The van der Waals surface area contributed by atoms with Gasteiger partial charge in [-0.2, -0.15) is 26.3 Å². The molecular formula is C21H12F6N2. The van der Waals surface area contributed by atoms with Crippen LogP contribution < -0.4 is 0 Å². The summed E-state index contributed by atoms with van der Waals surface area (Å²) < 4.78 is 80.0. The zero-order valence-electron chi connectivity index (χ0n) is 14.6. The molecule has 0 aliphatic carbocycles. The van der Waals surface area contributed by atoms with Gasteiger partial charge in [0.2, 0.25) is 0 Å². The minimum atomic E-state index is -4.92. The average Bonchev–Trinajstić information content (AvgIpc) is 3.06. The Morgan fingerprint density at radius 2 is 1.31 bits per heavy atom. The molecule has 0 saturated carbocycles. The predicted octanol–water partition coefficient (Wildman–Crippen LogP) is 6.93. The molecule has 0 aliphatic heterocycles. The summed E-state index contributed by atoms with van der Waals surface area (Å²) in [5, 5.41) is 0.429. The summed E-state index contributed by atoms with van der Waals surface area (Å²) in [5.74, 6) is 0. The molecule has 2 aromatic carbocycles. The van der Waals surface area contributed by atoms with E-state index in [1.807, 2.05) is 0 Å². The average molecular weight is 406 g/mol. The van der Waals surface area contributed by atoms with E-state index in [9.17, 15) is 26.3 Å². The number of aromatic nitrogens is 2. The van der Waals surface area contributed by atoms with E-state index in [1.54, 1.807) is 42.5 Å². The molecule has 2 heterocycles. The monoisotopic (exact) mass is 406 g/mol. The second-order valence-electron chi connectivity index (χ2n) is 6.44. The lowest BCUT2D eigenvalue weighted by Gasteiger charge is -2.15. The van der Waals surface area contributed by atoms with E-state index in [-0.39, 0.29) is 17.2 Å². The van der Waals surface area contributed by atoms with Crippen molar-refractivity contribution in [1.82, 2.24) is 9.97 Å². The molecule has 0 fully saturated rings. The molecule has 4 aromatic rings. The van der Waals surface area contributed by atoms with Gasteiger partial charge < -0.3 is 4.98 Å². The van der Waals surface area contributed by atoms with Crippen molar-refractivity contribution in [3.63, 3.8) is 0 Å². The van der Waals surface area contributed by atoms with Gasteiger partial charge in [0.1, 0.15) is 5.65 Å². The lowest BCUT2D eigenvalue weighted by Crippen LogP contribution is -2.11. The van der Waals surface area contributed by atoms with E-state index in [2.05, 4.69) is 9.97 Å². The van der Waals surface area contributed by atoms with E-state index in [0.717, 1.165) is 12.1 Å². The maximum absolute atomic E-state index is 13.3. The van der Waals surface area contributed by atoms with Gasteiger partial charge >= 0.3 is 12.4 Å². The third-order valence-corrected chi connectivity index (χ3v) is 4.51. The molecule has 1 N–H and O–H groups in total. The van der Waals surface area contributed by atoms with Gasteiger partial charge in [-0.25, -0.2) is 4.98 Å². The third kappa shape index (κ3) is 3.57. The van der Waals surface area contributed by atoms with E-state index in [0.29, 0.717) is 22.3 Å². The second-order valence-corrected chi connectivity index (χ2v) is 6.44. The van der Waals surface area contributed by atoms with Crippen molar-refractivity contribution in [2.24, 2.45) is 0 Å². The minimum Gasteiger partial charge on any atom is -0.339 e. The number of aromatic amines is 1. The van der Waals surface area contributed by atoms with Gasteiger partial charge in [0.25, 0.3) is 0 Å². The zero-order valence-corrected chi connectivity index (χ0v) is 14.6. The first-order valence-corrected chi connectivity index (χ1v) is 8.46. The van der Waals surface area contributed by atoms with Crippen LogP contribution in [0, 0.1) is 0 Å². The number of H-pyrrole nitrogens is 1. The molecule has 4 rings (SSSR count). The number of hydrogen-bond acceptors (Lipinski definition) is 1. The Kier molecular flexibility index (Phi) is 4.37. The van der Waals surface area contributed by atoms with Crippen LogP contribution in [0.3, 0.4) is 0 Å². The van der Waals surface area contributed by atoms with Crippen LogP contribution in [0.15, 0.2) is 66.9 Å². The number of halogens is 6. The normalized spacial score (nSPS) is 12.5. The fraction of sp³-hybridized carbons (Fsp3) is 0.0952. The van der Waals surface area contributed by atoms with Crippen LogP contribution in [-0.4, -0.2) is 9.97 Å². The van der Waals surface area contributed by atoms with E-state index in [4.69, 9.17) is 0 Å². The Hall–Kier alpha value is -3.29. The van der Waals surface area contributed by atoms with Gasteiger partial charge in [-0.05, 0) is 41.5 Å². The van der Waals surface area contributed by atoms with Crippen molar-refractivity contribution >= 4 is 11.0 Å². The summed E-state index contributed by atoms with van der Waals surface area (Å²) in [7, 11) is 0. The van der Waals surface area contributed by atoms with Crippen molar-refractivity contribution in [2.45, 2.75) is 12.4 Å². The Bertz CT molecular complexity index is 1140. The van der Waals surface area contributed by atoms with Crippen LogP contribution >= 0.6 is 0 Å². The van der Waals surface area contributed by atoms with Crippen molar-refractivity contribution in [2.75, 3.05) is 0 Å². The van der Waals surface area contributed by atoms with Crippen molar-refractivity contribution < 1.29 is 26.3 Å². The van der Waals surface area contributed by atoms with Gasteiger partial charge in [0.15, 0.2) is 0 Å². The first-order valence-electron chi connectivity index (χ1n) is 8.46. The van der Waals surface area contributed by atoms with Gasteiger partial charge in [0.05, 0.1) is 16.8 Å². The van der Waals surface area contributed by atoms with Gasteiger partial charge in [-0.1, -0.05) is 30.3 Å². The highest BCUT2D eigenvalue weighted by Crippen LogP contribution is 2.43. The van der Waals surface area contributed by atoms with Crippen LogP contribution in [0.5, 0.6) is 0 Å². The highest BCUT2D eigenvalue weighted by molar-refractivity contribution is 6.02. The number of pyridine rings is 1. The largest absolute Gasteiger partial charge is 0.416 e. The first kappa shape index (κ1) is 19.0. The Labute approximate surface area is 160 Å². The number of rotatable bonds is 2. The number of alkyl halides is 6. The highest BCUT2D eigenvalue weighted by atomic mass is 19.4. The lowest BCUT2D eigenvalue weighted by molar-refractivity contribution is -0.143. The van der Waals surface area contributed by atoms with Crippen LogP contribution in [0.2, 0.25) is 0 Å². The molecule has 148 valence electrons. The van der Waals surface area contributed by atoms with E-state index in [1.165, 1.54) is 6.20 Å². The topological polar surface area (TPSA) is 28.7 Å². The number of benzene rings is 2. The molecule has 8 heteroatoms. The molecular weight excluding hydrogens is 394 g/mol. The van der Waals surface area contributed by atoms with Gasteiger partial charge in [0, 0.05) is 17.1 Å². The Balaban J connectivity index is 2.07. The summed E-state index contributed by atoms with van der Waals surface area (Å²) >= 11 is 0. The summed E-state index contributed by atoms with van der Waals surface area (Å²) in [6.45, 7) is 0. The molecule has 0 amide bonds. The Morgan fingerprint density at radius 3 is 1.90 bits per heavy atom. The molecule has 0 aliphatic rings. The molecule has 0 atom stereocenters. The van der Waals surface area contributed by atoms with Crippen molar-refractivity contribution in [3.05, 3.63) is 78.0 Å². The quantitative estimate of drug-likeness (QED) is 0.359. The predicted molar refractivity (Wildman–Crippen MR) is 97.0 cm³/mol. The number of hydrogen-bond donors (Lipinski definition) is 1. The molecule has 0 bridgehead atoms. The number of nitrogens with zero attached hydrogens (tertiary/aromatic N) is 1. The Morgan fingerprint density at radius 1 is 0.690 bits per heavy atom. The van der Waals surface area contributed by atoms with Crippen molar-refractivity contribution in [3.8, 4) is 22.4 Å².